The van der Waals surface area contributed by atoms with Gasteiger partial charge in [-0.25, -0.2) is 0 Å². The monoisotopic (exact) mass is 322 g/mol. The molecule has 0 saturated heterocycles. The topological polar surface area (TPSA) is 9.23 Å². The summed E-state index contributed by atoms with van der Waals surface area (Å²) in [6.45, 7) is 0. The van der Waals surface area contributed by atoms with Crippen LogP contribution in [-0.4, -0.2) is 0 Å². The van der Waals surface area contributed by atoms with Crippen LogP contribution in [0.25, 0.3) is 6.08 Å². The highest BCUT2D eigenvalue weighted by Crippen LogP contribution is 2.14. The van der Waals surface area contributed by atoms with Crippen molar-refractivity contribution in [3.63, 3.8) is 0 Å². The van der Waals surface area contributed by atoms with Crippen molar-refractivity contribution in [3.8, 4) is 17.6 Å². The van der Waals surface area contributed by atoms with Crippen LogP contribution in [0.15, 0.2) is 109 Å². The van der Waals surface area contributed by atoms with Crippen LogP contribution in [0.1, 0.15) is 11.1 Å². The second kappa shape index (κ2) is 8.96. The van der Waals surface area contributed by atoms with Crippen molar-refractivity contribution < 1.29 is 4.74 Å². The quantitative estimate of drug-likeness (QED) is 0.339. The predicted octanol–water partition coefficient (Wildman–Crippen LogP) is 5.71. The van der Waals surface area contributed by atoms with E-state index in [-0.39, 0.29) is 0 Å². The van der Waals surface area contributed by atoms with Gasteiger partial charge in [-0.2, -0.15) is 0 Å². The molecule has 0 aliphatic carbocycles. The van der Waals surface area contributed by atoms with Crippen LogP contribution in [0.3, 0.4) is 0 Å². The van der Waals surface area contributed by atoms with Crippen LogP contribution in [0.4, 0.5) is 0 Å². The van der Waals surface area contributed by atoms with E-state index in [1.807, 2.05) is 103 Å². The average molecular weight is 322 g/mol. The molecule has 3 rings (SSSR count). The summed E-state index contributed by atoms with van der Waals surface area (Å²) in [5, 5.41) is 0. The summed E-state index contributed by atoms with van der Waals surface area (Å²) in [4.78, 5) is 0. The highest BCUT2D eigenvalue weighted by atomic mass is 16.5. The Hall–Kier alpha value is -3.50. The third-order valence-corrected chi connectivity index (χ3v) is 3.42. The second-order valence-corrected chi connectivity index (χ2v) is 5.34. The van der Waals surface area contributed by atoms with Gasteiger partial charge in [0, 0.05) is 11.6 Å². The Labute approximate surface area is 148 Å². The Balaban J connectivity index is 1.82. The number of allylic oxidation sites excluding steroid dienone is 2. The third kappa shape index (κ3) is 5.57. The molecule has 0 bridgehead atoms. The minimum Gasteiger partial charge on any atom is -0.457 e. The van der Waals surface area contributed by atoms with E-state index in [9.17, 15) is 0 Å². The van der Waals surface area contributed by atoms with Crippen LogP contribution in [0.5, 0.6) is 5.75 Å². The van der Waals surface area contributed by atoms with Crippen molar-refractivity contribution in [2.24, 2.45) is 0 Å². The Bertz CT molecular complexity index is 896. The Morgan fingerprint density at radius 3 is 2.00 bits per heavy atom. The molecule has 1 nitrogen and oxygen atoms in total. The molecule has 0 aromatic heterocycles. The Morgan fingerprint density at radius 2 is 1.32 bits per heavy atom. The number of hydrogen-bond donors (Lipinski definition) is 0. The van der Waals surface area contributed by atoms with Gasteiger partial charge in [0.15, 0.2) is 0 Å². The van der Waals surface area contributed by atoms with Gasteiger partial charge in [0.05, 0.1) is 0 Å². The molecule has 1 heteroatoms. The lowest BCUT2D eigenvalue weighted by Gasteiger charge is -2.05. The lowest BCUT2D eigenvalue weighted by Crippen LogP contribution is -1.91. The van der Waals surface area contributed by atoms with Crippen molar-refractivity contribution >= 4 is 6.08 Å². The Morgan fingerprint density at radius 1 is 0.720 bits per heavy atom. The summed E-state index contributed by atoms with van der Waals surface area (Å²) in [5.74, 6) is 7.67. The van der Waals surface area contributed by atoms with E-state index in [1.165, 1.54) is 0 Å². The fourth-order valence-electron chi connectivity index (χ4n) is 2.19. The number of para-hydroxylation sites is 1. The molecule has 0 radical (unpaired) electrons. The Kier molecular flexibility index (Phi) is 5.86. The van der Waals surface area contributed by atoms with Crippen LogP contribution in [0.2, 0.25) is 0 Å². The number of ether oxygens (including phenoxy) is 1. The second-order valence-electron chi connectivity index (χ2n) is 5.34. The zero-order valence-electron chi connectivity index (χ0n) is 13.8. The van der Waals surface area contributed by atoms with Gasteiger partial charge in [-0.05, 0) is 35.9 Å². The summed E-state index contributed by atoms with van der Waals surface area (Å²) in [6, 6.07) is 29.7. The number of benzene rings is 3. The van der Waals surface area contributed by atoms with Crippen molar-refractivity contribution in [3.05, 3.63) is 120 Å². The molecule has 0 atom stereocenters. The van der Waals surface area contributed by atoms with E-state index in [2.05, 4.69) is 11.8 Å². The lowest BCUT2D eigenvalue weighted by atomic mass is 10.2. The first-order valence-electron chi connectivity index (χ1n) is 8.13. The van der Waals surface area contributed by atoms with Gasteiger partial charge in [0.2, 0.25) is 0 Å². The highest BCUT2D eigenvalue weighted by molar-refractivity contribution is 5.53. The molecular formula is C24H18O. The average Bonchev–Trinajstić information content (AvgIpc) is 2.68. The zero-order chi connectivity index (χ0) is 17.2. The minimum absolute atomic E-state index is 0.693. The fraction of sp³-hybridized carbons (Fsp3) is 0. The van der Waals surface area contributed by atoms with Crippen LogP contribution < -0.4 is 4.74 Å². The van der Waals surface area contributed by atoms with Crippen LogP contribution in [0, 0.1) is 11.8 Å². The van der Waals surface area contributed by atoms with E-state index in [4.69, 9.17) is 4.74 Å². The van der Waals surface area contributed by atoms with E-state index in [0.717, 1.165) is 16.9 Å². The molecule has 0 N–H and O–H groups in total. The molecule has 0 fully saturated rings. The highest BCUT2D eigenvalue weighted by Gasteiger charge is 1.96. The molecule has 0 saturated carbocycles. The third-order valence-electron chi connectivity index (χ3n) is 3.42. The number of rotatable bonds is 4. The smallest absolute Gasteiger partial charge is 0.135 e. The van der Waals surface area contributed by atoms with E-state index < -0.39 is 0 Å². The first-order valence-corrected chi connectivity index (χ1v) is 8.13. The molecule has 0 unspecified atom stereocenters. The summed E-state index contributed by atoms with van der Waals surface area (Å²) in [5.41, 5.74) is 2.09. The lowest BCUT2D eigenvalue weighted by molar-refractivity contribution is 0.445. The molecule has 0 heterocycles. The van der Waals surface area contributed by atoms with Crippen molar-refractivity contribution in [2.45, 2.75) is 0 Å². The van der Waals surface area contributed by atoms with Crippen molar-refractivity contribution in [1.29, 1.82) is 0 Å². The molecule has 3 aromatic carbocycles. The minimum atomic E-state index is 0.693. The summed E-state index contributed by atoms with van der Waals surface area (Å²) in [7, 11) is 0. The molecule has 0 amide bonds. The van der Waals surface area contributed by atoms with Crippen molar-refractivity contribution in [1.82, 2.24) is 0 Å². The molecule has 3 aromatic rings. The van der Waals surface area contributed by atoms with Gasteiger partial charge in [0.1, 0.15) is 11.5 Å². The van der Waals surface area contributed by atoms with Crippen LogP contribution >= 0.6 is 0 Å². The standard InChI is InChI=1S/C24H18O/c1-4-11-21(12-5-1)15-10-18-24(25-23-16-8-3-9-17-23)20-19-22-13-6-2-7-14-22/h1-9,11-14,16-20H/b20-19+,24-18-. The maximum absolute atomic E-state index is 5.95. The van der Waals surface area contributed by atoms with Gasteiger partial charge in [-0.1, -0.05) is 84.6 Å². The SMILES string of the molecule is C(#Cc1ccccc1)/C=C(/C=C/c1ccccc1)Oc1ccccc1. The largest absolute Gasteiger partial charge is 0.457 e. The van der Waals surface area contributed by atoms with Gasteiger partial charge in [0.25, 0.3) is 0 Å². The summed E-state index contributed by atoms with van der Waals surface area (Å²) < 4.78 is 5.95. The van der Waals surface area contributed by atoms with E-state index in [0.29, 0.717) is 5.76 Å². The van der Waals surface area contributed by atoms with E-state index >= 15 is 0 Å². The maximum atomic E-state index is 5.95. The summed E-state index contributed by atoms with van der Waals surface area (Å²) >= 11 is 0. The molecule has 120 valence electrons. The normalized spacial score (nSPS) is 11.0. The molecule has 0 aliphatic rings. The molecular weight excluding hydrogens is 304 g/mol. The predicted molar refractivity (Wildman–Crippen MR) is 104 cm³/mol. The zero-order valence-corrected chi connectivity index (χ0v) is 13.8. The molecule has 0 spiro atoms. The van der Waals surface area contributed by atoms with Gasteiger partial charge in [-0.3, -0.25) is 0 Å². The molecule has 25 heavy (non-hydrogen) atoms. The summed E-state index contributed by atoms with van der Waals surface area (Å²) in [6.07, 6.45) is 5.74. The maximum Gasteiger partial charge on any atom is 0.135 e. The fourth-order valence-corrected chi connectivity index (χ4v) is 2.19. The first-order chi connectivity index (χ1) is 12.4. The first kappa shape index (κ1) is 16.4. The van der Waals surface area contributed by atoms with Gasteiger partial charge >= 0.3 is 0 Å². The van der Waals surface area contributed by atoms with Gasteiger partial charge in [-0.15, -0.1) is 0 Å². The van der Waals surface area contributed by atoms with Crippen LogP contribution in [-0.2, 0) is 0 Å². The van der Waals surface area contributed by atoms with E-state index in [1.54, 1.807) is 6.08 Å². The van der Waals surface area contributed by atoms with Crippen molar-refractivity contribution in [2.75, 3.05) is 0 Å². The van der Waals surface area contributed by atoms with Gasteiger partial charge < -0.3 is 4.74 Å². The number of hydrogen-bond acceptors (Lipinski definition) is 1. The molecule has 0 aliphatic heterocycles.